The van der Waals surface area contributed by atoms with Gasteiger partial charge in [-0.05, 0) is 49.2 Å². The van der Waals surface area contributed by atoms with Gasteiger partial charge in [0.2, 0.25) is 5.91 Å². The molecule has 29 heavy (non-hydrogen) atoms. The van der Waals surface area contributed by atoms with Crippen molar-refractivity contribution in [2.24, 2.45) is 0 Å². The second kappa shape index (κ2) is 9.54. The van der Waals surface area contributed by atoms with Gasteiger partial charge in [0, 0.05) is 23.7 Å². The fourth-order valence-corrected chi connectivity index (χ4v) is 2.40. The summed E-state index contributed by atoms with van der Waals surface area (Å²) in [6.07, 6.45) is -1.48. The minimum Gasteiger partial charge on any atom is -0.493 e. The molecule has 1 amide bonds. The van der Waals surface area contributed by atoms with Crippen LogP contribution in [0.1, 0.15) is 35.6 Å². The summed E-state index contributed by atoms with van der Waals surface area (Å²) in [4.78, 5) is 12.0. The van der Waals surface area contributed by atoms with E-state index in [1.54, 1.807) is 0 Å². The number of ether oxygens (including phenoxy) is 1. The third-order valence-electron chi connectivity index (χ3n) is 4.02. The predicted octanol–water partition coefficient (Wildman–Crippen LogP) is 5.41. The maximum absolute atomic E-state index is 13.5. The first-order valence-electron chi connectivity index (χ1n) is 8.86. The van der Waals surface area contributed by atoms with Gasteiger partial charge in [-0.25, -0.2) is 8.78 Å². The zero-order chi connectivity index (χ0) is 21.6. The van der Waals surface area contributed by atoms with Gasteiger partial charge in [-0.1, -0.05) is 13.0 Å². The van der Waals surface area contributed by atoms with E-state index in [2.05, 4.69) is 5.32 Å². The van der Waals surface area contributed by atoms with Gasteiger partial charge >= 0.3 is 6.18 Å². The first-order valence-corrected chi connectivity index (χ1v) is 8.86. The molecule has 0 fully saturated rings. The second-order valence-electron chi connectivity index (χ2n) is 6.33. The number of hydrogen-bond acceptors (Lipinski definition) is 2. The number of alkyl halides is 3. The van der Waals surface area contributed by atoms with Crippen LogP contribution in [0.4, 0.5) is 22.0 Å². The van der Waals surface area contributed by atoms with Crippen LogP contribution >= 0.6 is 0 Å². The van der Waals surface area contributed by atoms with Crippen molar-refractivity contribution in [3.63, 3.8) is 0 Å². The number of carbonyl (C=O) groups excluding carboxylic acids is 1. The van der Waals surface area contributed by atoms with Crippen molar-refractivity contribution < 1.29 is 31.5 Å². The summed E-state index contributed by atoms with van der Waals surface area (Å²) < 4.78 is 71.1. The lowest BCUT2D eigenvalue weighted by Crippen LogP contribution is -2.20. The van der Waals surface area contributed by atoms with Gasteiger partial charge in [0.15, 0.2) is 0 Å². The molecule has 2 rings (SSSR count). The summed E-state index contributed by atoms with van der Waals surface area (Å²) in [6, 6.07) is 5.23. The summed E-state index contributed by atoms with van der Waals surface area (Å²) in [7, 11) is 0. The molecule has 0 saturated heterocycles. The second-order valence-corrected chi connectivity index (χ2v) is 6.33. The number of halogens is 5. The molecule has 0 aromatic heterocycles. The fourth-order valence-electron chi connectivity index (χ4n) is 2.40. The molecule has 0 saturated carbocycles. The molecule has 1 N–H and O–H groups in total. The Labute approximate surface area is 165 Å². The highest BCUT2D eigenvalue weighted by Crippen LogP contribution is 2.33. The Morgan fingerprint density at radius 2 is 1.79 bits per heavy atom. The van der Waals surface area contributed by atoms with Gasteiger partial charge in [-0.3, -0.25) is 4.79 Å². The van der Waals surface area contributed by atoms with Gasteiger partial charge in [0.25, 0.3) is 0 Å². The quantitative estimate of drug-likeness (QED) is 0.487. The molecule has 0 atom stereocenters. The van der Waals surface area contributed by atoms with Gasteiger partial charge in [0.05, 0.1) is 12.2 Å². The lowest BCUT2D eigenvalue weighted by Gasteiger charge is -2.12. The van der Waals surface area contributed by atoms with Crippen molar-refractivity contribution >= 4 is 12.0 Å². The molecule has 0 unspecified atom stereocenters. The number of rotatable bonds is 7. The van der Waals surface area contributed by atoms with E-state index in [0.717, 1.165) is 30.3 Å². The average Bonchev–Trinajstić information content (AvgIpc) is 2.66. The SMILES string of the molecule is CCCOc1cc(C(F)(F)F)ccc1/C=C/C(=O)NCc1cc(F)c(C)c(F)c1. The molecule has 0 bridgehead atoms. The van der Waals surface area contributed by atoms with Crippen LogP contribution < -0.4 is 10.1 Å². The third kappa shape index (κ3) is 6.30. The lowest BCUT2D eigenvalue weighted by atomic mass is 10.1. The normalized spacial score (nSPS) is 11.7. The molecule has 8 heteroatoms. The van der Waals surface area contributed by atoms with E-state index in [4.69, 9.17) is 4.74 Å². The van der Waals surface area contributed by atoms with Crippen LogP contribution in [-0.2, 0) is 17.5 Å². The molecule has 0 heterocycles. The molecule has 0 radical (unpaired) electrons. The Bertz CT molecular complexity index is 883. The van der Waals surface area contributed by atoms with E-state index in [0.29, 0.717) is 12.0 Å². The van der Waals surface area contributed by atoms with E-state index < -0.39 is 29.3 Å². The molecule has 0 aliphatic carbocycles. The highest BCUT2D eigenvalue weighted by atomic mass is 19.4. The predicted molar refractivity (Wildman–Crippen MR) is 99.2 cm³/mol. The standard InChI is InChI=1S/C21H20F5NO2/c1-3-8-29-19-11-16(21(24,25)26)6-4-15(19)5-7-20(28)27-12-14-9-17(22)13(2)18(23)10-14/h4-7,9-11H,3,8,12H2,1-2H3,(H,27,28)/b7-5+. The zero-order valence-corrected chi connectivity index (χ0v) is 15.9. The van der Waals surface area contributed by atoms with Crippen molar-refractivity contribution in [3.8, 4) is 5.75 Å². The number of benzene rings is 2. The molecule has 0 aliphatic heterocycles. The highest BCUT2D eigenvalue weighted by Gasteiger charge is 2.31. The summed E-state index contributed by atoms with van der Waals surface area (Å²) in [5.74, 6) is -2.00. The number of amides is 1. The molecule has 2 aromatic carbocycles. The molecule has 0 aliphatic rings. The molecule has 2 aromatic rings. The smallest absolute Gasteiger partial charge is 0.416 e. The highest BCUT2D eigenvalue weighted by molar-refractivity contribution is 5.92. The van der Waals surface area contributed by atoms with Crippen LogP contribution in [0.25, 0.3) is 6.08 Å². The Morgan fingerprint density at radius 3 is 2.38 bits per heavy atom. The molecule has 3 nitrogen and oxygen atoms in total. The van der Waals surface area contributed by atoms with E-state index in [-0.39, 0.29) is 30.0 Å². The van der Waals surface area contributed by atoms with Crippen molar-refractivity contribution in [3.05, 3.63) is 70.3 Å². The molecule has 0 spiro atoms. The first kappa shape index (κ1) is 22.4. The van der Waals surface area contributed by atoms with Crippen molar-refractivity contribution in [1.82, 2.24) is 5.32 Å². The number of nitrogens with one attached hydrogen (secondary N) is 1. The largest absolute Gasteiger partial charge is 0.493 e. The fraction of sp³-hybridized carbons (Fsp3) is 0.286. The summed E-state index contributed by atoms with van der Waals surface area (Å²) >= 11 is 0. The van der Waals surface area contributed by atoms with Crippen molar-refractivity contribution in [2.45, 2.75) is 33.0 Å². The van der Waals surface area contributed by atoms with Gasteiger partial charge in [0.1, 0.15) is 17.4 Å². The Kier molecular flexibility index (Phi) is 7.36. The Hall–Kier alpha value is -2.90. The maximum Gasteiger partial charge on any atom is 0.416 e. The zero-order valence-electron chi connectivity index (χ0n) is 15.9. The van der Waals surface area contributed by atoms with Gasteiger partial charge in [-0.15, -0.1) is 0 Å². The van der Waals surface area contributed by atoms with Crippen molar-refractivity contribution in [2.75, 3.05) is 6.61 Å². The lowest BCUT2D eigenvalue weighted by molar-refractivity contribution is -0.137. The van der Waals surface area contributed by atoms with Crippen LogP contribution in [0.5, 0.6) is 5.75 Å². The van der Waals surface area contributed by atoms with E-state index >= 15 is 0 Å². The van der Waals surface area contributed by atoms with E-state index in [1.807, 2.05) is 6.92 Å². The minimum absolute atomic E-state index is 0.00778. The summed E-state index contributed by atoms with van der Waals surface area (Å²) in [5.41, 5.74) is -0.418. The minimum atomic E-state index is -4.51. The van der Waals surface area contributed by atoms with Gasteiger partial charge in [-0.2, -0.15) is 13.2 Å². The first-order chi connectivity index (χ1) is 13.6. The Morgan fingerprint density at radius 1 is 1.14 bits per heavy atom. The monoisotopic (exact) mass is 413 g/mol. The van der Waals surface area contributed by atoms with E-state index in [1.165, 1.54) is 19.1 Å². The van der Waals surface area contributed by atoms with E-state index in [9.17, 15) is 26.7 Å². The van der Waals surface area contributed by atoms with Crippen molar-refractivity contribution in [1.29, 1.82) is 0 Å². The van der Waals surface area contributed by atoms with Gasteiger partial charge < -0.3 is 10.1 Å². The summed E-state index contributed by atoms with van der Waals surface area (Å²) in [6.45, 7) is 3.23. The van der Waals surface area contributed by atoms with Crippen LogP contribution in [0.3, 0.4) is 0 Å². The molecular formula is C21H20F5NO2. The topological polar surface area (TPSA) is 38.3 Å². The number of carbonyl (C=O) groups is 1. The molecule has 156 valence electrons. The number of hydrogen-bond donors (Lipinski definition) is 1. The van der Waals surface area contributed by atoms with Crippen LogP contribution in [0, 0.1) is 18.6 Å². The third-order valence-corrected chi connectivity index (χ3v) is 4.02. The van der Waals surface area contributed by atoms with Crippen LogP contribution in [0.15, 0.2) is 36.4 Å². The summed E-state index contributed by atoms with van der Waals surface area (Å²) in [5, 5.41) is 2.46. The maximum atomic E-state index is 13.5. The average molecular weight is 413 g/mol. The van der Waals surface area contributed by atoms with Crippen LogP contribution in [-0.4, -0.2) is 12.5 Å². The molecular weight excluding hydrogens is 393 g/mol. The van der Waals surface area contributed by atoms with Crippen LogP contribution in [0.2, 0.25) is 0 Å². The Balaban J connectivity index is 2.10.